The van der Waals surface area contributed by atoms with Gasteiger partial charge in [-0.1, -0.05) is 97.1 Å². The van der Waals surface area contributed by atoms with Crippen LogP contribution in [0.2, 0.25) is 0 Å². The number of hydrogen-bond acceptors (Lipinski definition) is 4. The molecule has 5 aromatic rings. The monoisotopic (exact) mass is 713 g/mol. The molecular formula is C43H38F3N5O2. The van der Waals surface area contributed by atoms with Gasteiger partial charge in [-0.3, -0.25) is 19.5 Å². The molecule has 268 valence electrons. The van der Waals surface area contributed by atoms with E-state index in [4.69, 9.17) is 6.57 Å². The van der Waals surface area contributed by atoms with Crippen LogP contribution in [0.15, 0.2) is 134 Å². The molecule has 1 aromatic heterocycles. The van der Waals surface area contributed by atoms with Gasteiger partial charge in [0.05, 0.1) is 17.8 Å². The van der Waals surface area contributed by atoms with E-state index in [1.807, 2.05) is 65.6 Å². The van der Waals surface area contributed by atoms with Gasteiger partial charge in [-0.2, -0.15) is 13.2 Å². The standard InChI is InChI=1S/C43H38F3N5O2/c1-47-38-21-14-33(15-22-38)29-40(42(53)50-27-25-49(26-28-50)30-34-7-3-2-4-8-34)51(31-35-10-17-36(18-11-35)39-9-5-6-24-48-39)41(52)23-16-32-12-19-37(20-13-32)43(44,45)46/h2-24,40H,25-31H2/t40-/m0/s1. The Morgan fingerprint density at radius 1 is 0.792 bits per heavy atom. The van der Waals surface area contributed by atoms with Crippen LogP contribution in [0.5, 0.6) is 0 Å². The highest BCUT2D eigenvalue weighted by Gasteiger charge is 2.34. The number of pyridine rings is 1. The summed E-state index contributed by atoms with van der Waals surface area (Å²) in [4.78, 5) is 42.4. The van der Waals surface area contributed by atoms with Crippen molar-refractivity contribution in [3.8, 4) is 11.3 Å². The molecule has 1 saturated heterocycles. The summed E-state index contributed by atoms with van der Waals surface area (Å²) < 4.78 is 39.6. The van der Waals surface area contributed by atoms with Crippen molar-refractivity contribution in [1.82, 2.24) is 19.7 Å². The third kappa shape index (κ3) is 9.84. The average molecular weight is 714 g/mol. The van der Waals surface area contributed by atoms with E-state index in [1.165, 1.54) is 34.7 Å². The van der Waals surface area contributed by atoms with Crippen molar-refractivity contribution in [2.75, 3.05) is 26.2 Å². The minimum Gasteiger partial charge on any atom is -0.338 e. The normalized spacial score (nSPS) is 14.1. The van der Waals surface area contributed by atoms with Gasteiger partial charge in [0.15, 0.2) is 5.69 Å². The van der Waals surface area contributed by atoms with Crippen LogP contribution in [-0.4, -0.2) is 63.7 Å². The molecule has 0 radical (unpaired) electrons. The lowest BCUT2D eigenvalue weighted by Gasteiger charge is -2.39. The van der Waals surface area contributed by atoms with E-state index in [0.717, 1.165) is 41.1 Å². The van der Waals surface area contributed by atoms with E-state index in [2.05, 4.69) is 26.9 Å². The van der Waals surface area contributed by atoms with E-state index >= 15 is 0 Å². The molecule has 6 rings (SSSR count). The van der Waals surface area contributed by atoms with Gasteiger partial charge in [-0.15, -0.1) is 0 Å². The van der Waals surface area contributed by atoms with Crippen LogP contribution < -0.4 is 0 Å². The summed E-state index contributed by atoms with van der Waals surface area (Å²) in [5, 5.41) is 0. The molecule has 1 fully saturated rings. The number of carbonyl (C=O) groups excluding carboxylic acids is 2. The minimum atomic E-state index is -4.48. The summed E-state index contributed by atoms with van der Waals surface area (Å²) in [5.74, 6) is -0.655. The van der Waals surface area contributed by atoms with E-state index in [-0.39, 0.29) is 18.9 Å². The van der Waals surface area contributed by atoms with Gasteiger partial charge in [-0.25, -0.2) is 4.85 Å². The highest BCUT2D eigenvalue weighted by molar-refractivity contribution is 5.96. The Morgan fingerprint density at radius 3 is 2.08 bits per heavy atom. The number of rotatable bonds is 11. The number of alkyl halides is 3. The van der Waals surface area contributed by atoms with Crippen molar-refractivity contribution in [1.29, 1.82) is 0 Å². The summed E-state index contributed by atoms with van der Waals surface area (Å²) in [7, 11) is 0. The van der Waals surface area contributed by atoms with E-state index in [0.29, 0.717) is 37.4 Å². The fourth-order valence-corrected chi connectivity index (χ4v) is 6.34. The second-order valence-corrected chi connectivity index (χ2v) is 12.9. The number of hydrogen-bond donors (Lipinski definition) is 0. The van der Waals surface area contributed by atoms with Crippen molar-refractivity contribution in [3.63, 3.8) is 0 Å². The van der Waals surface area contributed by atoms with Crippen molar-refractivity contribution in [2.24, 2.45) is 0 Å². The molecule has 0 saturated carbocycles. The number of carbonyl (C=O) groups is 2. The van der Waals surface area contributed by atoms with Crippen molar-refractivity contribution < 1.29 is 22.8 Å². The number of aromatic nitrogens is 1. The summed E-state index contributed by atoms with van der Waals surface area (Å²) in [5.41, 5.74) is 4.56. The Morgan fingerprint density at radius 2 is 1.45 bits per heavy atom. The minimum absolute atomic E-state index is 0.100. The first-order chi connectivity index (χ1) is 25.7. The first-order valence-electron chi connectivity index (χ1n) is 17.3. The summed E-state index contributed by atoms with van der Waals surface area (Å²) in [6.07, 6.45) is 0.218. The largest absolute Gasteiger partial charge is 0.416 e. The molecule has 7 nitrogen and oxygen atoms in total. The molecule has 0 N–H and O–H groups in total. The van der Waals surface area contributed by atoms with Crippen molar-refractivity contribution in [2.45, 2.75) is 31.7 Å². The Hall–Kier alpha value is -6.05. The second-order valence-electron chi connectivity index (χ2n) is 12.9. The van der Waals surface area contributed by atoms with Gasteiger partial charge in [-0.05, 0) is 52.6 Å². The number of piperazine rings is 1. The van der Waals surface area contributed by atoms with Crippen LogP contribution in [0.4, 0.5) is 18.9 Å². The number of amides is 2. The molecule has 0 aliphatic carbocycles. The lowest BCUT2D eigenvalue weighted by Crippen LogP contribution is -2.56. The smallest absolute Gasteiger partial charge is 0.338 e. The lowest BCUT2D eigenvalue weighted by atomic mass is 10.0. The summed E-state index contributed by atoms with van der Waals surface area (Å²) >= 11 is 0. The average Bonchev–Trinajstić information content (AvgIpc) is 3.19. The molecular weight excluding hydrogens is 676 g/mol. The van der Waals surface area contributed by atoms with Crippen molar-refractivity contribution in [3.05, 3.63) is 173 Å². The number of halogens is 3. The molecule has 2 amide bonds. The first-order valence-corrected chi connectivity index (χ1v) is 17.3. The third-order valence-electron chi connectivity index (χ3n) is 9.30. The van der Waals surface area contributed by atoms with Gasteiger partial charge >= 0.3 is 6.18 Å². The molecule has 2 heterocycles. The zero-order chi connectivity index (χ0) is 37.2. The van der Waals surface area contributed by atoms with Crippen LogP contribution in [0.1, 0.15) is 27.8 Å². The maximum atomic E-state index is 14.6. The molecule has 1 atom stereocenters. The molecule has 0 unspecified atom stereocenters. The molecule has 53 heavy (non-hydrogen) atoms. The van der Waals surface area contributed by atoms with Crippen LogP contribution in [0.3, 0.4) is 0 Å². The predicted octanol–water partition coefficient (Wildman–Crippen LogP) is 8.32. The van der Waals surface area contributed by atoms with Gasteiger partial charge in [0.2, 0.25) is 11.8 Å². The molecule has 10 heteroatoms. The fourth-order valence-electron chi connectivity index (χ4n) is 6.34. The Bertz CT molecular complexity index is 2040. The molecule has 4 aromatic carbocycles. The number of benzene rings is 4. The second kappa shape index (κ2) is 17.0. The Kier molecular flexibility index (Phi) is 11.8. The third-order valence-corrected chi connectivity index (χ3v) is 9.30. The van der Waals surface area contributed by atoms with Crippen LogP contribution >= 0.6 is 0 Å². The maximum absolute atomic E-state index is 14.6. The maximum Gasteiger partial charge on any atom is 0.416 e. The molecule has 1 aliphatic heterocycles. The Balaban J connectivity index is 1.30. The van der Waals surface area contributed by atoms with Gasteiger partial charge in [0.25, 0.3) is 0 Å². The van der Waals surface area contributed by atoms with E-state index < -0.39 is 23.7 Å². The topological polar surface area (TPSA) is 61.1 Å². The summed E-state index contributed by atoms with van der Waals surface area (Å²) in [6, 6.07) is 34.1. The first kappa shape index (κ1) is 36.7. The molecule has 0 bridgehead atoms. The van der Waals surface area contributed by atoms with Gasteiger partial charge in [0.1, 0.15) is 6.04 Å². The predicted molar refractivity (Wildman–Crippen MR) is 199 cm³/mol. The molecule has 1 aliphatic rings. The highest BCUT2D eigenvalue weighted by atomic mass is 19.4. The van der Waals surface area contributed by atoms with Gasteiger partial charge in [0, 0.05) is 63.5 Å². The zero-order valence-corrected chi connectivity index (χ0v) is 29.0. The van der Waals surface area contributed by atoms with E-state index in [1.54, 1.807) is 30.5 Å². The van der Waals surface area contributed by atoms with Crippen LogP contribution in [0.25, 0.3) is 22.2 Å². The van der Waals surface area contributed by atoms with Crippen molar-refractivity contribution >= 4 is 23.6 Å². The highest BCUT2D eigenvalue weighted by Crippen LogP contribution is 2.29. The number of nitrogens with zero attached hydrogens (tertiary/aromatic N) is 5. The van der Waals surface area contributed by atoms with E-state index in [9.17, 15) is 22.8 Å². The van der Waals surface area contributed by atoms with Gasteiger partial charge < -0.3 is 9.80 Å². The van der Waals surface area contributed by atoms with Crippen LogP contribution in [0, 0.1) is 6.57 Å². The quantitative estimate of drug-likeness (QED) is 0.102. The lowest BCUT2D eigenvalue weighted by molar-refractivity contribution is -0.145. The fraction of sp³-hybridized carbons (Fsp3) is 0.209. The molecule has 0 spiro atoms. The summed E-state index contributed by atoms with van der Waals surface area (Å²) in [6.45, 7) is 10.6. The SMILES string of the molecule is [C-]#[N+]c1ccc(C[C@@H](C(=O)N2CCN(Cc3ccccc3)CC2)N(Cc2ccc(-c3ccccn3)cc2)C(=O)C=Cc2ccc(C(F)(F)F)cc2)cc1. The zero-order valence-electron chi connectivity index (χ0n) is 29.0. The Labute approximate surface area is 307 Å². The van der Waals surface area contributed by atoms with Crippen LogP contribution in [-0.2, 0) is 35.3 Å².